The van der Waals surface area contributed by atoms with Crippen LogP contribution in [0.15, 0.2) is 85.4 Å². The van der Waals surface area contributed by atoms with E-state index in [0.29, 0.717) is 29.9 Å². The lowest BCUT2D eigenvalue weighted by Crippen LogP contribution is -2.43. The minimum absolute atomic E-state index is 0. The fourth-order valence-corrected chi connectivity index (χ4v) is 4.40. The van der Waals surface area contributed by atoms with Gasteiger partial charge >= 0.3 is 0 Å². The third-order valence-corrected chi connectivity index (χ3v) is 6.45. The van der Waals surface area contributed by atoms with Crippen LogP contribution in [0.4, 0.5) is 0 Å². The van der Waals surface area contributed by atoms with E-state index in [9.17, 15) is 9.59 Å². The number of nitrogens with zero attached hydrogens (tertiary/aromatic N) is 5. The summed E-state index contributed by atoms with van der Waals surface area (Å²) in [6, 6.07) is 15.6. The van der Waals surface area contributed by atoms with Crippen LogP contribution in [0.3, 0.4) is 0 Å². The molecule has 8 nitrogen and oxygen atoms in total. The Balaban J connectivity index is 0.00000507. The highest BCUT2D eigenvalue weighted by molar-refractivity contribution is 5.98. The highest BCUT2D eigenvalue weighted by Gasteiger charge is 2.29. The van der Waals surface area contributed by atoms with Crippen molar-refractivity contribution in [2.75, 3.05) is 27.7 Å². The summed E-state index contributed by atoms with van der Waals surface area (Å²) in [5, 5.41) is 11.5. The summed E-state index contributed by atoms with van der Waals surface area (Å²) < 4.78 is 0. The Bertz CT molecular complexity index is 1240. The van der Waals surface area contributed by atoms with Gasteiger partial charge in [0.1, 0.15) is 5.70 Å². The lowest BCUT2D eigenvalue weighted by atomic mass is 9.89. The van der Waals surface area contributed by atoms with Crippen molar-refractivity contribution in [3.63, 3.8) is 0 Å². The predicted molar refractivity (Wildman–Crippen MR) is 149 cm³/mol. The molecule has 0 saturated heterocycles. The summed E-state index contributed by atoms with van der Waals surface area (Å²) in [5.41, 5.74) is 3.76. The standard InChI is InChI=1S/C29H36N6O2.H2/c1-7-11-27(33(4)5)28(36)30-17-16-25(22(3)23-12-9-8-10-13-23)34(6)29(37)24-20-21(2)14-15-26(24)35-31-18-19-32-35;/h7-15,18-20,22,25H,1,16-17H2,2-6H3,(H,30,36);1H/b27-11-;/t22?,25-;/m1./s1. The maximum atomic E-state index is 13.9. The molecule has 2 atom stereocenters. The van der Waals surface area contributed by atoms with Crippen molar-refractivity contribution in [3.8, 4) is 5.69 Å². The molecule has 1 unspecified atom stereocenters. The average Bonchev–Trinajstić information content (AvgIpc) is 3.43. The molecule has 1 N–H and O–H groups in total. The van der Waals surface area contributed by atoms with E-state index in [1.807, 2.05) is 64.5 Å². The SMILES string of the molecule is C=C/C=C(/C(=O)NCC[C@H](C(C)c1ccccc1)N(C)C(=O)c1cc(C)ccc1-n1nccn1)N(C)C.[HH]. The summed E-state index contributed by atoms with van der Waals surface area (Å²) in [5.74, 6) is -0.286. The van der Waals surface area contributed by atoms with E-state index in [-0.39, 0.29) is 25.2 Å². The molecular weight excluding hydrogens is 464 g/mol. The summed E-state index contributed by atoms with van der Waals surface area (Å²) in [6.07, 6.45) is 7.01. The Kier molecular flexibility index (Phi) is 9.38. The largest absolute Gasteiger partial charge is 0.373 e. The van der Waals surface area contributed by atoms with Crippen LogP contribution in [0.2, 0.25) is 0 Å². The molecule has 8 heteroatoms. The molecule has 3 aromatic rings. The van der Waals surface area contributed by atoms with Gasteiger partial charge in [0.2, 0.25) is 0 Å². The van der Waals surface area contributed by atoms with Crippen LogP contribution < -0.4 is 5.32 Å². The smallest absolute Gasteiger partial charge is 0.267 e. The van der Waals surface area contributed by atoms with Gasteiger partial charge in [-0.2, -0.15) is 15.0 Å². The fraction of sp³-hybridized carbons (Fsp3) is 0.310. The molecule has 2 aromatic carbocycles. The second-order valence-corrected chi connectivity index (χ2v) is 9.25. The number of aromatic nitrogens is 3. The van der Waals surface area contributed by atoms with E-state index >= 15 is 0 Å². The zero-order valence-electron chi connectivity index (χ0n) is 22.3. The molecule has 2 amide bonds. The molecule has 0 aliphatic carbocycles. The molecule has 0 aliphatic heterocycles. The molecule has 37 heavy (non-hydrogen) atoms. The molecule has 0 saturated carbocycles. The number of rotatable bonds is 11. The van der Waals surface area contributed by atoms with Crippen LogP contribution in [0.1, 0.15) is 42.2 Å². The highest BCUT2D eigenvalue weighted by atomic mass is 16.2. The first-order valence-corrected chi connectivity index (χ1v) is 12.3. The van der Waals surface area contributed by atoms with Crippen LogP contribution in [0.25, 0.3) is 5.69 Å². The minimum Gasteiger partial charge on any atom is -0.373 e. The molecule has 196 valence electrons. The van der Waals surface area contributed by atoms with Gasteiger partial charge < -0.3 is 15.1 Å². The maximum Gasteiger partial charge on any atom is 0.267 e. The van der Waals surface area contributed by atoms with Crippen LogP contribution >= 0.6 is 0 Å². The molecule has 1 heterocycles. The van der Waals surface area contributed by atoms with E-state index in [2.05, 4.69) is 41.1 Å². The lowest BCUT2D eigenvalue weighted by molar-refractivity contribution is -0.118. The number of amides is 2. The van der Waals surface area contributed by atoms with Crippen molar-refractivity contribution in [2.45, 2.75) is 32.2 Å². The number of benzene rings is 2. The van der Waals surface area contributed by atoms with Gasteiger partial charge in [0.25, 0.3) is 11.8 Å². The van der Waals surface area contributed by atoms with E-state index in [4.69, 9.17) is 0 Å². The highest BCUT2D eigenvalue weighted by Crippen LogP contribution is 2.27. The van der Waals surface area contributed by atoms with Gasteiger partial charge in [-0.05, 0) is 37.1 Å². The van der Waals surface area contributed by atoms with Crippen molar-refractivity contribution in [1.82, 2.24) is 30.1 Å². The molecule has 1 aromatic heterocycles. The third-order valence-electron chi connectivity index (χ3n) is 6.45. The first kappa shape index (κ1) is 27.4. The van der Waals surface area contributed by atoms with Crippen LogP contribution in [-0.2, 0) is 4.79 Å². The van der Waals surface area contributed by atoms with Gasteiger partial charge in [-0.25, -0.2) is 0 Å². The Morgan fingerprint density at radius 3 is 2.41 bits per heavy atom. The van der Waals surface area contributed by atoms with E-state index in [1.54, 1.807) is 34.3 Å². The van der Waals surface area contributed by atoms with Crippen LogP contribution in [0, 0.1) is 6.92 Å². The summed E-state index contributed by atoms with van der Waals surface area (Å²) in [6.45, 7) is 8.17. The summed E-state index contributed by atoms with van der Waals surface area (Å²) in [4.78, 5) is 31.7. The zero-order valence-corrected chi connectivity index (χ0v) is 22.3. The molecule has 0 bridgehead atoms. The molecule has 0 aliphatic rings. The van der Waals surface area contributed by atoms with E-state index < -0.39 is 0 Å². The number of carbonyl (C=O) groups is 2. The predicted octanol–water partition coefficient (Wildman–Crippen LogP) is 4.20. The monoisotopic (exact) mass is 502 g/mol. The topological polar surface area (TPSA) is 83.4 Å². The van der Waals surface area contributed by atoms with Gasteiger partial charge in [-0.1, -0.05) is 61.5 Å². The maximum absolute atomic E-state index is 13.9. The van der Waals surface area contributed by atoms with Gasteiger partial charge in [0.15, 0.2) is 0 Å². The lowest BCUT2D eigenvalue weighted by Gasteiger charge is -2.34. The van der Waals surface area contributed by atoms with Gasteiger partial charge in [-0.15, -0.1) is 0 Å². The Morgan fingerprint density at radius 2 is 1.78 bits per heavy atom. The molecule has 3 rings (SSSR count). The second-order valence-electron chi connectivity index (χ2n) is 9.25. The fourth-order valence-electron chi connectivity index (χ4n) is 4.40. The second kappa shape index (κ2) is 12.7. The number of likely N-dealkylation sites (N-methyl/N-ethyl adjacent to an activating group) is 2. The number of allylic oxidation sites excluding steroid dienone is 2. The third kappa shape index (κ3) is 6.73. The zero-order chi connectivity index (χ0) is 26.9. The van der Waals surface area contributed by atoms with Crippen molar-refractivity contribution in [3.05, 3.63) is 102 Å². The van der Waals surface area contributed by atoms with Crippen molar-refractivity contribution >= 4 is 11.8 Å². The van der Waals surface area contributed by atoms with Gasteiger partial charge in [0, 0.05) is 41.1 Å². The molecular formula is C29H38N6O2. The summed E-state index contributed by atoms with van der Waals surface area (Å²) in [7, 11) is 5.45. The first-order valence-electron chi connectivity index (χ1n) is 12.3. The Labute approximate surface area is 220 Å². The quantitative estimate of drug-likeness (QED) is 0.314. The van der Waals surface area contributed by atoms with Crippen LogP contribution in [-0.4, -0.2) is 70.3 Å². The normalized spacial score (nSPS) is 12.9. The minimum atomic E-state index is -0.185. The number of hydrogen-bond donors (Lipinski definition) is 1. The number of aryl methyl sites for hydroxylation is 1. The Hall–Kier alpha value is -4.20. The van der Waals surface area contributed by atoms with E-state index in [1.165, 1.54) is 4.80 Å². The van der Waals surface area contributed by atoms with Crippen molar-refractivity contribution in [2.24, 2.45) is 0 Å². The Morgan fingerprint density at radius 1 is 1.11 bits per heavy atom. The van der Waals surface area contributed by atoms with E-state index in [0.717, 1.165) is 11.1 Å². The van der Waals surface area contributed by atoms with Gasteiger partial charge in [0.05, 0.1) is 23.6 Å². The number of carbonyl (C=O) groups excluding carboxylic acids is 2. The first-order chi connectivity index (χ1) is 17.7. The molecule has 0 fully saturated rings. The van der Waals surface area contributed by atoms with Crippen molar-refractivity contribution < 1.29 is 11.0 Å². The van der Waals surface area contributed by atoms with Crippen LogP contribution in [0.5, 0.6) is 0 Å². The number of nitrogens with one attached hydrogen (secondary N) is 1. The van der Waals surface area contributed by atoms with Gasteiger partial charge in [-0.3, -0.25) is 9.59 Å². The average molecular weight is 503 g/mol. The molecule has 0 radical (unpaired) electrons. The molecule has 0 spiro atoms. The summed E-state index contributed by atoms with van der Waals surface area (Å²) >= 11 is 0. The van der Waals surface area contributed by atoms with Crippen molar-refractivity contribution in [1.29, 1.82) is 0 Å². The number of hydrogen-bond acceptors (Lipinski definition) is 5.